The van der Waals surface area contributed by atoms with Gasteiger partial charge in [0.2, 0.25) is 0 Å². The Balaban J connectivity index is 1.26. The Morgan fingerprint density at radius 2 is 1.82 bits per heavy atom. The van der Waals surface area contributed by atoms with E-state index in [0.717, 1.165) is 86.3 Å². The van der Waals surface area contributed by atoms with Crippen molar-refractivity contribution in [2.45, 2.75) is 61.7 Å². The highest BCUT2D eigenvalue weighted by molar-refractivity contribution is 7.98. The molecule has 180 valence electrons. The molecule has 1 atom stereocenters. The van der Waals surface area contributed by atoms with E-state index in [-0.39, 0.29) is 11.9 Å². The molecule has 1 N–H and O–H groups in total. The second-order valence-electron chi connectivity index (χ2n) is 9.18. The third-order valence-electron chi connectivity index (χ3n) is 6.78. The van der Waals surface area contributed by atoms with Crippen molar-refractivity contribution in [3.63, 3.8) is 0 Å². The van der Waals surface area contributed by atoms with Gasteiger partial charge in [-0.25, -0.2) is 4.39 Å². The number of rotatable bonds is 8. The SMILES string of the molecule is Oc1ccccc1CN1CCC(c2nnc(SCc3ccc(F)cc3)n2CC2CCCO2)CC1. The van der Waals surface area contributed by atoms with Gasteiger partial charge in [-0.05, 0) is 62.5 Å². The standard InChI is InChI=1S/C26H31FN4O2S/c27-22-9-7-19(8-10-22)18-34-26-29-28-25(31(26)17-23-5-3-15-33-23)20-11-13-30(14-12-20)16-21-4-1-2-6-24(21)32/h1-2,4,6-10,20,23,32H,3,5,11-18H2. The highest BCUT2D eigenvalue weighted by Crippen LogP contribution is 2.32. The van der Waals surface area contributed by atoms with Crippen molar-refractivity contribution < 1.29 is 14.2 Å². The van der Waals surface area contributed by atoms with Crippen molar-refractivity contribution in [1.82, 2.24) is 19.7 Å². The van der Waals surface area contributed by atoms with Gasteiger partial charge < -0.3 is 14.4 Å². The molecule has 0 spiro atoms. The number of hydrogen-bond donors (Lipinski definition) is 1. The number of piperidine rings is 1. The van der Waals surface area contributed by atoms with Crippen molar-refractivity contribution in [1.29, 1.82) is 0 Å². The maximum Gasteiger partial charge on any atom is 0.191 e. The number of aromatic nitrogens is 3. The number of benzene rings is 2. The van der Waals surface area contributed by atoms with E-state index >= 15 is 0 Å². The van der Waals surface area contributed by atoms with Crippen molar-refractivity contribution in [3.8, 4) is 5.75 Å². The van der Waals surface area contributed by atoms with Gasteiger partial charge in [-0.2, -0.15) is 0 Å². The number of aromatic hydroxyl groups is 1. The van der Waals surface area contributed by atoms with E-state index in [9.17, 15) is 9.50 Å². The van der Waals surface area contributed by atoms with Crippen LogP contribution in [0.2, 0.25) is 0 Å². The summed E-state index contributed by atoms with van der Waals surface area (Å²) in [5, 5.41) is 20.2. The molecule has 0 saturated carbocycles. The van der Waals surface area contributed by atoms with E-state index in [2.05, 4.69) is 19.7 Å². The smallest absolute Gasteiger partial charge is 0.191 e. The fraction of sp³-hybridized carbons (Fsp3) is 0.462. The van der Waals surface area contributed by atoms with E-state index in [1.807, 2.05) is 30.3 Å². The zero-order valence-electron chi connectivity index (χ0n) is 19.3. The second kappa shape index (κ2) is 10.9. The van der Waals surface area contributed by atoms with Crippen LogP contribution in [-0.2, 0) is 23.6 Å². The Kier molecular flexibility index (Phi) is 7.47. The summed E-state index contributed by atoms with van der Waals surface area (Å²) in [7, 11) is 0. The lowest BCUT2D eigenvalue weighted by Gasteiger charge is -2.32. The fourth-order valence-corrected chi connectivity index (χ4v) is 5.75. The largest absolute Gasteiger partial charge is 0.508 e. The number of ether oxygens (including phenoxy) is 1. The molecule has 5 rings (SSSR count). The van der Waals surface area contributed by atoms with E-state index in [1.165, 1.54) is 12.1 Å². The Hall–Kier alpha value is -2.42. The summed E-state index contributed by atoms with van der Waals surface area (Å²) >= 11 is 1.65. The van der Waals surface area contributed by atoms with E-state index in [1.54, 1.807) is 17.8 Å². The lowest BCUT2D eigenvalue weighted by atomic mass is 9.95. The van der Waals surface area contributed by atoms with Crippen LogP contribution in [0, 0.1) is 5.82 Å². The quantitative estimate of drug-likeness (QED) is 0.457. The van der Waals surface area contributed by atoms with Crippen LogP contribution < -0.4 is 0 Å². The van der Waals surface area contributed by atoms with Gasteiger partial charge >= 0.3 is 0 Å². The third-order valence-corrected chi connectivity index (χ3v) is 7.81. The summed E-state index contributed by atoms with van der Waals surface area (Å²) in [6.45, 7) is 4.30. The molecule has 0 radical (unpaired) electrons. The molecule has 0 bridgehead atoms. The molecule has 2 aliphatic rings. The van der Waals surface area contributed by atoms with Gasteiger partial charge in [0.05, 0.1) is 12.6 Å². The lowest BCUT2D eigenvalue weighted by Crippen LogP contribution is -2.33. The summed E-state index contributed by atoms with van der Waals surface area (Å²) in [6.07, 6.45) is 4.41. The molecular weight excluding hydrogens is 451 g/mol. The van der Waals surface area contributed by atoms with Gasteiger partial charge in [0, 0.05) is 30.4 Å². The molecular formula is C26H31FN4O2S. The number of nitrogens with zero attached hydrogens (tertiary/aromatic N) is 4. The van der Waals surface area contributed by atoms with Gasteiger partial charge in [0.15, 0.2) is 5.16 Å². The molecule has 1 aromatic heterocycles. The molecule has 2 aliphatic heterocycles. The van der Waals surface area contributed by atoms with E-state index in [0.29, 0.717) is 11.7 Å². The molecule has 3 heterocycles. The van der Waals surface area contributed by atoms with Gasteiger partial charge in [-0.15, -0.1) is 10.2 Å². The van der Waals surface area contributed by atoms with Gasteiger partial charge in [-0.1, -0.05) is 42.1 Å². The van der Waals surface area contributed by atoms with Gasteiger partial charge in [0.25, 0.3) is 0 Å². The molecule has 6 nitrogen and oxygen atoms in total. The maximum atomic E-state index is 13.3. The molecule has 1 unspecified atom stereocenters. The van der Waals surface area contributed by atoms with Crippen molar-refractivity contribution >= 4 is 11.8 Å². The number of phenols is 1. The number of thioether (sulfide) groups is 1. The minimum atomic E-state index is -0.216. The lowest BCUT2D eigenvalue weighted by molar-refractivity contribution is 0.0931. The summed E-state index contributed by atoms with van der Waals surface area (Å²) in [4.78, 5) is 2.40. The van der Waals surface area contributed by atoms with Gasteiger partial charge in [0.1, 0.15) is 17.4 Å². The fourth-order valence-electron chi connectivity index (χ4n) is 4.84. The van der Waals surface area contributed by atoms with Crippen molar-refractivity contribution in [2.24, 2.45) is 0 Å². The van der Waals surface area contributed by atoms with Crippen LogP contribution in [-0.4, -0.2) is 50.6 Å². The monoisotopic (exact) mass is 482 g/mol. The normalized spacial score (nSPS) is 19.6. The first kappa shape index (κ1) is 23.3. The van der Waals surface area contributed by atoms with Crippen molar-refractivity contribution in [2.75, 3.05) is 19.7 Å². The Morgan fingerprint density at radius 1 is 1.03 bits per heavy atom. The number of likely N-dealkylation sites (tertiary alicyclic amines) is 1. The average molecular weight is 483 g/mol. The van der Waals surface area contributed by atoms with E-state index < -0.39 is 0 Å². The second-order valence-corrected chi connectivity index (χ2v) is 10.1. The van der Waals surface area contributed by atoms with Gasteiger partial charge in [-0.3, -0.25) is 4.90 Å². The molecule has 2 saturated heterocycles. The minimum absolute atomic E-state index is 0.209. The average Bonchev–Trinajstić information content (AvgIpc) is 3.51. The number of halogens is 1. The van der Waals surface area contributed by atoms with E-state index in [4.69, 9.17) is 4.74 Å². The molecule has 8 heteroatoms. The topological polar surface area (TPSA) is 63.4 Å². The minimum Gasteiger partial charge on any atom is -0.508 e. The molecule has 2 fully saturated rings. The zero-order chi connectivity index (χ0) is 23.3. The predicted octanol–water partition coefficient (Wildman–Crippen LogP) is 4.97. The van der Waals surface area contributed by atoms with Crippen LogP contribution in [0.25, 0.3) is 0 Å². The van der Waals surface area contributed by atoms with Crippen LogP contribution in [0.15, 0.2) is 53.7 Å². The molecule has 2 aromatic carbocycles. The number of para-hydroxylation sites is 1. The third kappa shape index (κ3) is 5.62. The maximum absolute atomic E-state index is 13.3. The summed E-state index contributed by atoms with van der Waals surface area (Å²) in [5.74, 6) is 2.28. The summed E-state index contributed by atoms with van der Waals surface area (Å²) in [5.41, 5.74) is 2.04. The highest BCUT2D eigenvalue weighted by atomic mass is 32.2. The first-order valence-electron chi connectivity index (χ1n) is 12.1. The van der Waals surface area contributed by atoms with Crippen LogP contribution in [0.5, 0.6) is 5.75 Å². The molecule has 34 heavy (non-hydrogen) atoms. The van der Waals surface area contributed by atoms with Crippen LogP contribution in [0.4, 0.5) is 4.39 Å². The summed E-state index contributed by atoms with van der Waals surface area (Å²) in [6, 6.07) is 14.2. The Morgan fingerprint density at radius 3 is 2.56 bits per heavy atom. The Labute approximate surface area is 204 Å². The summed E-state index contributed by atoms with van der Waals surface area (Å²) < 4.78 is 21.5. The Bertz CT molecular complexity index is 1080. The van der Waals surface area contributed by atoms with Crippen LogP contribution >= 0.6 is 11.8 Å². The van der Waals surface area contributed by atoms with Crippen LogP contribution in [0.3, 0.4) is 0 Å². The van der Waals surface area contributed by atoms with Crippen molar-refractivity contribution in [3.05, 3.63) is 71.3 Å². The number of phenolic OH excluding ortho intramolecular Hbond substituents is 1. The zero-order valence-corrected chi connectivity index (χ0v) is 20.1. The first-order valence-corrected chi connectivity index (χ1v) is 13.1. The number of hydrogen-bond acceptors (Lipinski definition) is 6. The highest BCUT2D eigenvalue weighted by Gasteiger charge is 2.28. The first-order chi connectivity index (χ1) is 16.7. The molecule has 0 amide bonds. The predicted molar refractivity (Wildman–Crippen MR) is 130 cm³/mol. The molecule has 3 aromatic rings. The van der Waals surface area contributed by atoms with Crippen LogP contribution in [0.1, 0.15) is 48.6 Å². The molecule has 0 aliphatic carbocycles.